The second-order valence-corrected chi connectivity index (χ2v) is 5.27. The van der Waals surface area contributed by atoms with E-state index in [9.17, 15) is 8.42 Å². The molecule has 0 unspecified atom stereocenters. The molecule has 0 fully saturated rings. The molecule has 2 heterocycles. The fourth-order valence-corrected chi connectivity index (χ4v) is 1.91. The summed E-state index contributed by atoms with van der Waals surface area (Å²) < 4.78 is 29.7. The largest absolute Gasteiger partial charge is 0.397 e. The van der Waals surface area contributed by atoms with E-state index < -0.39 is 10.4 Å². The molecular formula is C13H14N2O4S. The lowest BCUT2D eigenvalue weighted by Gasteiger charge is -1.92. The molecule has 2 N–H and O–H groups in total. The van der Waals surface area contributed by atoms with Crippen molar-refractivity contribution in [3.05, 3.63) is 42.2 Å². The number of para-hydroxylation sites is 1. The molecule has 3 rings (SSSR count). The molecule has 3 aromatic rings. The maximum atomic E-state index is 9.33. The van der Waals surface area contributed by atoms with Gasteiger partial charge >= 0.3 is 10.4 Å². The molecule has 6 nitrogen and oxygen atoms in total. The van der Waals surface area contributed by atoms with Crippen LogP contribution in [0.1, 0.15) is 5.69 Å². The van der Waals surface area contributed by atoms with E-state index in [1.807, 2.05) is 19.2 Å². The number of hydrogen-bond acceptors (Lipinski definition) is 4. The summed E-state index contributed by atoms with van der Waals surface area (Å²) in [5.74, 6) is 0. The number of benzene rings is 1. The van der Waals surface area contributed by atoms with E-state index in [0.717, 1.165) is 18.3 Å². The van der Waals surface area contributed by atoms with Crippen molar-refractivity contribution in [1.82, 2.24) is 9.97 Å². The lowest BCUT2D eigenvalue weighted by Crippen LogP contribution is -1.96. The maximum absolute atomic E-state index is 9.33. The molecule has 20 heavy (non-hydrogen) atoms. The van der Waals surface area contributed by atoms with Crippen LogP contribution in [0.3, 0.4) is 0 Å². The molecule has 0 atom stereocenters. The van der Waals surface area contributed by atoms with Crippen LogP contribution in [0.2, 0.25) is 0 Å². The Morgan fingerprint density at radius 1 is 1.20 bits per heavy atom. The van der Waals surface area contributed by atoms with Crippen molar-refractivity contribution in [3.8, 4) is 0 Å². The minimum Gasteiger partial charge on any atom is -0.353 e. The van der Waals surface area contributed by atoms with Gasteiger partial charge in [0, 0.05) is 22.5 Å². The van der Waals surface area contributed by atoms with Gasteiger partial charge in [0.25, 0.3) is 0 Å². The van der Waals surface area contributed by atoms with Crippen LogP contribution >= 0.6 is 0 Å². The molecule has 0 saturated carbocycles. The normalized spacial score (nSPS) is 11.3. The number of nitrogens with zero attached hydrogens (tertiary/aromatic N) is 1. The van der Waals surface area contributed by atoms with Crippen molar-refractivity contribution in [2.45, 2.75) is 6.92 Å². The van der Waals surface area contributed by atoms with Crippen LogP contribution in [-0.4, -0.2) is 30.0 Å². The summed E-state index contributed by atoms with van der Waals surface area (Å²) in [4.78, 5) is 7.66. The summed E-state index contributed by atoms with van der Waals surface area (Å²) in [5, 5.41) is 2.53. The summed E-state index contributed by atoms with van der Waals surface area (Å²) >= 11 is 0. The zero-order valence-electron chi connectivity index (χ0n) is 11.0. The number of hydrogen-bond donors (Lipinski definition) is 2. The van der Waals surface area contributed by atoms with E-state index in [-0.39, 0.29) is 0 Å². The number of aromatic amines is 1. The van der Waals surface area contributed by atoms with Crippen LogP contribution in [0.4, 0.5) is 0 Å². The van der Waals surface area contributed by atoms with E-state index >= 15 is 0 Å². The van der Waals surface area contributed by atoms with Crippen molar-refractivity contribution in [1.29, 1.82) is 0 Å². The Bertz CT molecular complexity index is 840. The molecular weight excluding hydrogens is 280 g/mol. The van der Waals surface area contributed by atoms with Crippen LogP contribution in [-0.2, 0) is 14.6 Å². The number of aryl methyl sites for hydroxylation is 1. The first-order valence-electron chi connectivity index (χ1n) is 5.77. The molecule has 106 valence electrons. The fourth-order valence-electron chi connectivity index (χ4n) is 1.91. The molecule has 0 bridgehead atoms. The lowest BCUT2D eigenvalue weighted by atomic mass is 10.2. The maximum Gasteiger partial charge on any atom is 0.397 e. The van der Waals surface area contributed by atoms with Crippen LogP contribution in [0.15, 0.2) is 36.5 Å². The van der Waals surface area contributed by atoms with E-state index in [1.54, 1.807) is 0 Å². The average molecular weight is 294 g/mol. The van der Waals surface area contributed by atoms with E-state index in [4.69, 9.17) is 4.55 Å². The van der Waals surface area contributed by atoms with Gasteiger partial charge < -0.3 is 4.98 Å². The van der Waals surface area contributed by atoms with Crippen molar-refractivity contribution in [2.75, 3.05) is 7.11 Å². The predicted molar refractivity (Wildman–Crippen MR) is 76.9 cm³/mol. The first kappa shape index (κ1) is 14.4. The van der Waals surface area contributed by atoms with Crippen LogP contribution in [0.5, 0.6) is 0 Å². The highest BCUT2D eigenvalue weighted by Crippen LogP contribution is 2.25. The van der Waals surface area contributed by atoms with Gasteiger partial charge in [0.2, 0.25) is 0 Å². The van der Waals surface area contributed by atoms with Gasteiger partial charge in [-0.25, -0.2) is 0 Å². The molecule has 0 saturated heterocycles. The highest BCUT2D eigenvalue weighted by Gasteiger charge is 2.04. The third-order valence-corrected chi connectivity index (χ3v) is 3.25. The van der Waals surface area contributed by atoms with Gasteiger partial charge in [-0.1, -0.05) is 18.2 Å². The Hall–Kier alpha value is -1.96. The average Bonchev–Trinajstić information content (AvgIpc) is 2.79. The third kappa shape index (κ3) is 3.13. The number of pyridine rings is 1. The number of nitrogens with one attached hydrogen (secondary N) is 1. The van der Waals surface area contributed by atoms with Crippen LogP contribution in [0.25, 0.3) is 21.8 Å². The van der Waals surface area contributed by atoms with Crippen molar-refractivity contribution in [2.24, 2.45) is 0 Å². The van der Waals surface area contributed by atoms with Crippen molar-refractivity contribution in [3.63, 3.8) is 0 Å². The highest BCUT2D eigenvalue weighted by molar-refractivity contribution is 7.80. The van der Waals surface area contributed by atoms with Gasteiger partial charge in [0.05, 0.1) is 18.3 Å². The van der Waals surface area contributed by atoms with Crippen molar-refractivity contribution >= 4 is 32.2 Å². The minimum atomic E-state index is -4.16. The summed E-state index contributed by atoms with van der Waals surface area (Å²) in [5.41, 5.74) is 3.38. The number of fused-ring (bicyclic) bond motifs is 3. The Kier molecular flexibility index (Phi) is 4.03. The molecule has 0 spiro atoms. The monoisotopic (exact) mass is 294 g/mol. The third-order valence-electron chi connectivity index (χ3n) is 2.83. The molecule has 0 aliphatic carbocycles. The first-order valence-corrected chi connectivity index (χ1v) is 7.14. The van der Waals surface area contributed by atoms with Gasteiger partial charge in [-0.3, -0.25) is 13.7 Å². The highest BCUT2D eigenvalue weighted by atomic mass is 32.3. The SMILES string of the molecule is COS(=O)(=O)O.Cc1nccc2c1[nH]c1ccccc12. The van der Waals surface area contributed by atoms with E-state index in [0.29, 0.717) is 0 Å². The Morgan fingerprint density at radius 3 is 2.50 bits per heavy atom. The van der Waals surface area contributed by atoms with E-state index in [2.05, 4.69) is 38.4 Å². The standard InChI is InChI=1S/C12H10N2.CH4O4S/c1-8-12-10(6-7-13-8)9-4-2-3-5-11(9)14-12;1-5-6(2,3)4/h2-7,14H,1H3;1H3,(H,2,3,4). The fraction of sp³-hybridized carbons (Fsp3) is 0.154. The van der Waals surface area contributed by atoms with Gasteiger partial charge in [0.1, 0.15) is 0 Å². The Labute approximate surface area is 116 Å². The Morgan fingerprint density at radius 2 is 1.85 bits per heavy atom. The zero-order valence-corrected chi connectivity index (χ0v) is 11.8. The minimum absolute atomic E-state index is 0.870. The van der Waals surface area contributed by atoms with Crippen molar-refractivity contribution < 1.29 is 17.2 Å². The molecule has 0 radical (unpaired) electrons. The number of aromatic nitrogens is 2. The second-order valence-electron chi connectivity index (χ2n) is 4.08. The molecule has 7 heteroatoms. The van der Waals surface area contributed by atoms with Crippen LogP contribution < -0.4 is 0 Å². The summed E-state index contributed by atoms with van der Waals surface area (Å²) in [6.45, 7) is 2.03. The number of rotatable bonds is 1. The number of H-pyrrole nitrogens is 1. The second kappa shape index (κ2) is 5.58. The topological polar surface area (TPSA) is 92.3 Å². The molecule has 0 aliphatic heterocycles. The smallest absolute Gasteiger partial charge is 0.353 e. The summed E-state index contributed by atoms with van der Waals surface area (Å²) in [6.07, 6.45) is 1.86. The van der Waals surface area contributed by atoms with Gasteiger partial charge in [-0.2, -0.15) is 8.42 Å². The molecule has 2 aromatic heterocycles. The summed E-state index contributed by atoms with van der Waals surface area (Å²) in [7, 11) is -3.29. The molecule has 1 aromatic carbocycles. The van der Waals surface area contributed by atoms with Gasteiger partial charge in [-0.05, 0) is 19.1 Å². The first-order chi connectivity index (χ1) is 9.42. The van der Waals surface area contributed by atoms with Gasteiger partial charge in [0.15, 0.2) is 0 Å². The molecule has 0 aliphatic rings. The quantitative estimate of drug-likeness (QED) is 0.673. The lowest BCUT2D eigenvalue weighted by molar-refractivity contribution is 0.324. The molecule has 0 amide bonds. The summed E-state index contributed by atoms with van der Waals surface area (Å²) in [6, 6.07) is 10.4. The van der Waals surface area contributed by atoms with Gasteiger partial charge in [-0.15, -0.1) is 0 Å². The van der Waals surface area contributed by atoms with E-state index in [1.165, 1.54) is 16.3 Å². The Balaban J connectivity index is 0.000000212. The van der Waals surface area contributed by atoms with Crippen LogP contribution in [0, 0.1) is 6.92 Å². The predicted octanol–water partition coefficient (Wildman–Crippen LogP) is 2.46. The zero-order chi connectivity index (χ0) is 14.8.